The first-order valence-corrected chi connectivity index (χ1v) is 7.28. The summed E-state index contributed by atoms with van der Waals surface area (Å²) in [6, 6.07) is 0. The van der Waals surface area contributed by atoms with E-state index in [0.717, 1.165) is 0 Å². The SMILES string of the molecule is C=C1C(=O)O[C@H]2C[C@H](C)[C@H]3[C@H]4O[C@@H]4[C@H](O)[C@]3(C)[C@@H](O)[C@@H]12. The molecule has 4 fully saturated rings. The van der Waals surface area contributed by atoms with Crippen LogP contribution in [0.3, 0.4) is 0 Å². The molecule has 0 bridgehead atoms. The Kier molecular flexibility index (Phi) is 2.33. The van der Waals surface area contributed by atoms with Gasteiger partial charge < -0.3 is 19.7 Å². The third-order valence-electron chi connectivity index (χ3n) is 6.10. The molecule has 20 heavy (non-hydrogen) atoms. The van der Waals surface area contributed by atoms with Gasteiger partial charge >= 0.3 is 5.97 Å². The van der Waals surface area contributed by atoms with Crippen molar-refractivity contribution in [2.24, 2.45) is 23.2 Å². The van der Waals surface area contributed by atoms with Crippen LogP contribution in [0.2, 0.25) is 0 Å². The molecule has 0 aromatic rings. The number of fused-ring (bicyclic) bond motifs is 4. The van der Waals surface area contributed by atoms with Gasteiger partial charge in [-0.05, 0) is 12.3 Å². The Morgan fingerprint density at radius 1 is 1.30 bits per heavy atom. The Morgan fingerprint density at radius 3 is 2.70 bits per heavy atom. The lowest BCUT2D eigenvalue weighted by molar-refractivity contribution is -0.140. The molecule has 5 nitrogen and oxygen atoms in total. The number of carbonyl (C=O) groups excluding carboxylic acids is 1. The van der Waals surface area contributed by atoms with E-state index in [1.807, 2.05) is 6.92 Å². The second kappa shape index (κ2) is 3.64. The van der Waals surface area contributed by atoms with Gasteiger partial charge in [0.2, 0.25) is 0 Å². The molecule has 2 heterocycles. The lowest BCUT2D eigenvalue weighted by Crippen LogP contribution is -2.51. The van der Waals surface area contributed by atoms with Crippen LogP contribution in [0.5, 0.6) is 0 Å². The highest BCUT2D eigenvalue weighted by molar-refractivity contribution is 5.91. The Hall–Kier alpha value is -0.910. The summed E-state index contributed by atoms with van der Waals surface area (Å²) in [6.07, 6.45) is -1.30. The maximum absolute atomic E-state index is 11.7. The molecule has 0 aromatic carbocycles. The Labute approximate surface area is 117 Å². The normalized spacial score (nSPS) is 60.4. The summed E-state index contributed by atoms with van der Waals surface area (Å²) in [5, 5.41) is 21.4. The molecule has 2 saturated heterocycles. The molecule has 4 aliphatic rings. The zero-order valence-electron chi connectivity index (χ0n) is 11.7. The van der Waals surface area contributed by atoms with Crippen LogP contribution in [-0.2, 0) is 14.3 Å². The molecule has 0 aromatic heterocycles. The Morgan fingerprint density at radius 2 is 2.00 bits per heavy atom. The average Bonchev–Trinajstić information content (AvgIpc) is 3.06. The molecule has 2 saturated carbocycles. The fraction of sp³-hybridized carbons (Fsp3) is 0.800. The zero-order chi connectivity index (χ0) is 14.4. The second-order valence-corrected chi connectivity index (χ2v) is 7.05. The van der Waals surface area contributed by atoms with Crippen molar-refractivity contribution in [1.82, 2.24) is 0 Å². The van der Waals surface area contributed by atoms with E-state index in [-0.39, 0.29) is 30.1 Å². The topological polar surface area (TPSA) is 79.3 Å². The van der Waals surface area contributed by atoms with Gasteiger partial charge in [-0.15, -0.1) is 0 Å². The number of aliphatic hydroxyl groups is 2. The van der Waals surface area contributed by atoms with Crippen molar-refractivity contribution in [3.63, 3.8) is 0 Å². The van der Waals surface area contributed by atoms with Crippen LogP contribution in [0.15, 0.2) is 12.2 Å². The van der Waals surface area contributed by atoms with Gasteiger partial charge in [-0.1, -0.05) is 20.4 Å². The molecule has 2 N–H and O–H groups in total. The maximum atomic E-state index is 11.7. The minimum atomic E-state index is -0.826. The van der Waals surface area contributed by atoms with Gasteiger partial charge in [-0.25, -0.2) is 4.79 Å². The second-order valence-electron chi connectivity index (χ2n) is 7.05. The molecule has 9 atom stereocenters. The molecule has 0 amide bonds. The summed E-state index contributed by atoms with van der Waals surface area (Å²) in [7, 11) is 0. The van der Waals surface area contributed by atoms with Crippen LogP contribution >= 0.6 is 0 Å². The summed E-state index contributed by atoms with van der Waals surface area (Å²) in [4.78, 5) is 11.7. The summed E-state index contributed by atoms with van der Waals surface area (Å²) >= 11 is 0. The van der Waals surface area contributed by atoms with Crippen molar-refractivity contribution in [3.05, 3.63) is 12.2 Å². The van der Waals surface area contributed by atoms with Crippen molar-refractivity contribution < 1.29 is 24.5 Å². The number of carbonyl (C=O) groups is 1. The summed E-state index contributed by atoms with van der Waals surface area (Å²) in [6.45, 7) is 7.79. The molecular weight excluding hydrogens is 260 g/mol. The van der Waals surface area contributed by atoms with Gasteiger partial charge in [0, 0.05) is 16.9 Å². The van der Waals surface area contributed by atoms with E-state index in [0.29, 0.717) is 12.0 Å². The molecule has 0 spiro atoms. The van der Waals surface area contributed by atoms with Crippen molar-refractivity contribution >= 4 is 5.97 Å². The minimum absolute atomic E-state index is 0.0300. The van der Waals surface area contributed by atoms with E-state index < -0.39 is 29.5 Å². The predicted octanol–water partition coefficient (Wildman–Crippen LogP) is 0.249. The third-order valence-corrected chi connectivity index (χ3v) is 6.10. The van der Waals surface area contributed by atoms with Crippen LogP contribution in [0, 0.1) is 23.2 Å². The first-order valence-electron chi connectivity index (χ1n) is 7.28. The van der Waals surface area contributed by atoms with Crippen LogP contribution < -0.4 is 0 Å². The zero-order valence-corrected chi connectivity index (χ0v) is 11.7. The summed E-state index contributed by atoms with van der Waals surface area (Å²) in [5.41, 5.74) is -0.325. The fourth-order valence-corrected chi connectivity index (χ4v) is 5.03. The first-order chi connectivity index (χ1) is 9.37. The van der Waals surface area contributed by atoms with Crippen LogP contribution in [0.25, 0.3) is 0 Å². The molecule has 0 radical (unpaired) electrons. The Balaban J connectivity index is 1.79. The van der Waals surface area contributed by atoms with Gasteiger partial charge in [0.1, 0.15) is 12.2 Å². The van der Waals surface area contributed by atoms with Crippen LogP contribution in [0.4, 0.5) is 0 Å². The fourth-order valence-electron chi connectivity index (χ4n) is 5.03. The highest BCUT2D eigenvalue weighted by Gasteiger charge is 2.73. The molecule has 4 rings (SSSR count). The van der Waals surface area contributed by atoms with Gasteiger partial charge in [0.25, 0.3) is 0 Å². The maximum Gasteiger partial charge on any atom is 0.334 e. The molecule has 2 aliphatic heterocycles. The standard InChI is InChI=1S/C15H20O5/c1-5-4-7-8(6(2)14(18)19-7)12(16)15(3)9(5)10-11(20-10)13(15)17/h5,7-13,16-17H,2,4H2,1,3H3/t5-,7-,8-,9-,10+,11-,12-,13-,15-/m0/s1. The molecule has 110 valence electrons. The van der Waals surface area contributed by atoms with E-state index in [4.69, 9.17) is 9.47 Å². The van der Waals surface area contributed by atoms with Gasteiger partial charge in [0.05, 0.1) is 24.2 Å². The number of rotatable bonds is 0. The van der Waals surface area contributed by atoms with E-state index in [9.17, 15) is 15.0 Å². The molecule has 2 aliphatic carbocycles. The lowest BCUT2D eigenvalue weighted by Gasteiger charge is -2.42. The number of hydrogen-bond donors (Lipinski definition) is 2. The van der Waals surface area contributed by atoms with E-state index in [1.54, 1.807) is 0 Å². The first kappa shape index (κ1) is 12.8. The molecule has 5 heteroatoms. The number of esters is 1. The van der Waals surface area contributed by atoms with E-state index >= 15 is 0 Å². The summed E-state index contributed by atoms with van der Waals surface area (Å²) < 4.78 is 10.9. The average molecular weight is 280 g/mol. The van der Waals surface area contributed by atoms with Gasteiger partial charge in [-0.3, -0.25) is 0 Å². The minimum Gasteiger partial charge on any atom is -0.458 e. The summed E-state index contributed by atoms with van der Waals surface area (Å²) in [5.74, 6) is -0.514. The van der Waals surface area contributed by atoms with Gasteiger partial charge in [0.15, 0.2) is 0 Å². The van der Waals surface area contributed by atoms with Crippen molar-refractivity contribution in [3.8, 4) is 0 Å². The largest absolute Gasteiger partial charge is 0.458 e. The van der Waals surface area contributed by atoms with Crippen LogP contribution in [0.1, 0.15) is 20.3 Å². The van der Waals surface area contributed by atoms with Gasteiger partial charge in [-0.2, -0.15) is 0 Å². The third kappa shape index (κ3) is 1.27. The van der Waals surface area contributed by atoms with Crippen molar-refractivity contribution in [1.29, 1.82) is 0 Å². The number of aliphatic hydroxyl groups excluding tert-OH is 2. The Bertz CT molecular complexity index is 502. The smallest absolute Gasteiger partial charge is 0.334 e. The van der Waals surface area contributed by atoms with Crippen molar-refractivity contribution in [2.75, 3.05) is 0 Å². The predicted molar refractivity (Wildman–Crippen MR) is 68.6 cm³/mol. The van der Waals surface area contributed by atoms with Crippen LogP contribution in [-0.4, -0.2) is 46.7 Å². The number of epoxide rings is 1. The van der Waals surface area contributed by atoms with E-state index in [1.165, 1.54) is 0 Å². The molecular formula is C15H20O5. The monoisotopic (exact) mass is 280 g/mol. The van der Waals surface area contributed by atoms with E-state index in [2.05, 4.69) is 13.5 Å². The lowest BCUT2D eigenvalue weighted by atomic mass is 9.66. The number of hydrogen-bond acceptors (Lipinski definition) is 5. The molecule has 0 unspecified atom stereocenters. The number of ether oxygens (including phenoxy) is 2. The quantitative estimate of drug-likeness (QED) is 0.378. The highest BCUT2D eigenvalue weighted by Crippen LogP contribution is 2.62. The highest BCUT2D eigenvalue weighted by atomic mass is 16.6. The van der Waals surface area contributed by atoms with Crippen molar-refractivity contribution in [2.45, 2.75) is 50.8 Å².